The third-order valence-electron chi connectivity index (χ3n) is 1.85. The molecule has 2 nitrogen and oxygen atoms in total. The molecule has 0 spiro atoms. The van der Waals surface area contributed by atoms with Crippen molar-refractivity contribution in [1.29, 1.82) is 0 Å². The van der Waals surface area contributed by atoms with Crippen molar-refractivity contribution >= 4 is 0 Å². The molecule has 1 aliphatic carbocycles. The summed E-state index contributed by atoms with van der Waals surface area (Å²) >= 11 is 0. The van der Waals surface area contributed by atoms with Gasteiger partial charge >= 0.3 is 0 Å². The smallest absolute Gasteiger partial charge is 0.194 e. The molecule has 0 bridgehead atoms. The average molecular weight is 137 g/mol. The fourth-order valence-corrected chi connectivity index (χ4v) is 1.04. The predicted octanol–water partition coefficient (Wildman–Crippen LogP) is 2.11. The number of hydrogen-bond acceptors (Lipinski definition) is 2. The molecule has 1 aromatic heterocycles. The molecule has 1 saturated carbocycles. The monoisotopic (exact) mass is 137 g/mol. The average Bonchev–Trinajstić information content (AvgIpc) is 2.70. The van der Waals surface area contributed by atoms with E-state index >= 15 is 0 Å². The van der Waals surface area contributed by atoms with Crippen LogP contribution in [0.15, 0.2) is 10.6 Å². The molecule has 0 amide bonds. The molecule has 0 unspecified atom stereocenters. The van der Waals surface area contributed by atoms with Gasteiger partial charge in [-0.2, -0.15) is 0 Å². The van der Waals surface area contributed by atoms with Gasteiger partial charge in [0.25, 0.3) is 0 Å². The van der Waals surface area contributed by atoms with Gasteiger partial charge in [-0.3, -0.25) is 0 Å². The highest BCUT2D eigenvalue weighted by Gasteiger charge is 2.27. The van der Waals surface area contributed by atoms with E-state index in [4.69, 9.17) is 4.42 Å². The molecule has 0 radical (unpaired) electrons. The molecule has 1 aromatic rings. The van der Waals surface area contributed by atoms with Crippen molar-refractivity contribution in [2.45, 2.75) is 32.1 Å². The van der Waals surface area contributed by atoms with Crippen molar-refractivity contribution in [3.05, 3.63) is 17.8 Å². The quantitative estimate of drug-likeness (QED) is 0.624. The molecule has 0 aromatic carbocycles. The molecule has 0 saturated heterocycles. The van der Waals surface area contributed by atoms with Crippen LogP contribution in [0.2, 0.25) is 0 Å². The van der Waals surface area contributed by atoms with Crippen LogP contribution in [0.4, 0.5) is 0 Å². The Morgan fingerprint density at radius 3 is 3.00 bits per heavy atom. The zero-order valence-electron chi connectivity index (χ0n) is 6.13. The Kier molecular flexibility index (Phi) is 1.26. The Morgan fingerprint density at radius 2 is 2.50 bits per heavy atom. The van der Waals surface area contributed by atoms with Crippen molar-refractivity contribution in [3.63, 3.8) is 0 Å². The van der Waals surface area contributed by atoms with Gasteiger partial charge in [-0.1, -0.05) is 6.92 Å². The van der Waals surface area contributed by atoms with Crippen molar-refractivity contribution < 1.29 is 4.42 Å². The molecular formula is C8H11NO. The highest BCUT2D eigenvalue weighted by molar-refractivity contribution is 5.08. The zero-order valence-corrected chi connectivity index (χ0v) is 6.13. The predicted molar refractivity (Wildman–Crippen MR) is 37.9 cm³/mol. The van der Waals surface area contributed by atoms with Crippen molar-refractivity contribution in [3.8, 4) is 0 Å². The van der Waals surface area contributed by atoms with E-state index in [-0.39, 0.29) is 0 Å². The van der Waals surface area contributed by atoms with E-state index in [1.165, 1.54) is 12.8 Å². The maximum atomic E-state index is 5.45. The minimum atomic E-state index is 0.702. The van der Waals surface area contributed by atoms with Crippen LogP contribution in [0.25, 0.3) is 0 Å². The summed E-state index contributed by atoms with van der Waals surface area (Å²) in [4.78, 5) is 4.13. The van der Waals surface area contributed by atoms with Gasteiger partial charge < -0.3 is 4.42 Å². The third kappa shape index (κ3) is 0.939. The summed E-state index contributed by atoms with van der Waals surface area (Å²) < 4.78 is 5.45. The first-order chi connectivity index (χ1) is 4.90. The van der Waals surface area contributed by atoms with Gasteiger partial charge in [-0.15, -0.1) is 0 Å². The third-order valence-corrected chi connectivity index (χ3v) is 1.85. The summed E-state index contributed by atoms with van der Waals surface area (Å²) in [6.07, 6.45) is 5.36. The number of oxazole rings is 1. The molecule has 2 rings (SSSR count). The SMILES string of the molecule is CCc1ncc(C2CC2)o1. The highest BCUT2D eigenvalue weighted by atomic mass is 16.4. The molecule has 0 atom stereocenters. The van der Waals surface area contributed by atoms with Gasteiger partial charge in [-0.05, 0) is 12.8 Å². The Labute approximate surface area is 60.3 Å². The van der Waals surface area contributed by atoms with Crippen molar-refractivity contribution in [2.75, 3.05) is 0 Å². The molecule has 10 heavy (non-hydrogen) atoms. The van der Waals surface area contributed by atoms with Gasteiger partial charge in [0.05, 0.1) is 6.20 Å². The minimum absolute atomic E-state index is 0.702. The van der Waals surface area contributed by atoms with E-state index in [2.05, 4.69) is 11.9 Å². The van der Waals surface area contributed by atoms with Gasteiger partial charge in [0, 0.05) is 12.3 Å². The minimum Gasteiger partial charge on any atom is -0.445 e. The molecule has 1 heterocycles. The molecule has 2 heteroatoms. The van der Waals surface area contributed by atoms with Crippen LogP contribution >= 0.6 is 0 Å². The highest BCUT2D eigenvalue weighted by Crippen LogP contribution is 2.40. The lowest BCUT2D eigenvalue weighted by atomic mass is 10.3. The number of rotatable bonds is 2. The number of aromatic nitrogens is 1. The molecule has 54 valence electrons. The normalized spacial score (nSPS) is 17.7. The van der Waals surface area contributed by atoms with Gasteiger partial charge in [0.15, 0.2) is 5.89 Å². The second-order valence-corrected chi connectivity index (χ2v) is 2.78. The Balaban J connectivity index is 2.19. The first-order valence-corrected chi connectivity index (χ1v) is 3.84. The number of aryl methyl sites for hydroxylation is 1. The summed E-state index contributed by atoms with van der Waals surface area (Å²) in [7, 11) is 0. The van der Waals surface area contributed by atoms with E-state index < -0.39 is 0 Å². The van der Waals surface area contributed by atoms with Crippen LogP contribution in [0, 0.1) is 0 Å². The number of hydrogen-bond donors (Lipinski definition) is 0. The van der Waals surface area contributed by atoms with Crippen LogP contribution in [0.3, 0.4) is 0 Å². The Bertz CT molecular complexity index is 225. The standard InChI is InChI=1S/C8H11NO/c1-2-8-9-5-7(10-8)6-3-4-6/h5-6H,2-4H2,1H3. The van der Waals surface area contributed by atoms with E-state index in [9.17, 15) is 0 Å². The fourth-order valence-electron chi connectivity index (χ4n) is 1.04. The van der Waals surface area contributed by atoms with Crippen LogP contribution < -0.4 is 0 Å². The lowest BCUT2D eigenvalue weighted by Crippen LogP contribution is -1.74. The second kappa shape index (κ2) is 2.11. The maximum Gasteiger partial charge on any atom is 0.194 e. The van der Waals surface area contributed by atoms with Crippen LogP contribution in [0.5, 0.6) is 0 Å². The summed E-state index contributed by atoms with van der Waals surface area (Å²) in [6, 6.07) is 0. The van der Waals surface area contributed by atoms with E-state index in [1.54, 1.807) is 0 Å². The molecular weight excluding hydrogens is 126 g/mol. The van der Waals surface area contributed by atoms with Gasteiger partial charge in [0.2, 0.25) is 0 Å². The second-order valence-electron chi connectivity index (χ2n) is 2.78. The van der Waals surface area contributed by atoms with Gasteiger partial charge in [0.1, 0.15) is 5.76 Å². The molecule has 1 aliphatic rings. The van der Waals surface area contributed by atoms with Crippen molar-refractivity contribution in [2.24, 2.45) is 0 Å². The molecule has 0 aliphatic heterocycles. The summed E-state index contributed by atoms with van der Waals surface area (Å²) in [5.74, 6) is 2.67. The summed E-state index contributed by atoms with van der Waals surface area (Å²) in [5, 5.41) is 0. The first kappa shape index (κ1) is 5.96. The number of nitrogens with zero attached hydrogens (tertiary/aromatic N) is 1. The van der Waals surface area contributed by atoms with Crippen LogP contribution in [-0.2, 0) is 6.42 Å². The van der Waals surface area contributed by atoms with E-state index in [1.807, 2.05) is 6.20 Å². The first-order valence-electron chi connectivity index (χ1n) is 3.84. The van der Waals surface area contributed by atoms with Crippen LogP contribution in [-0.4, -0.2) is 4.98 Å². The zero-order chi connectivity index (χ0) is 6.97. The lowest BCUT2D eigenvalue weighted by Gasteiger charge is -1.85. The summed E-state index contributed by atoms with van der Waals surface area (Å²) in [5.41, 5.74) is 0. The largest absolute Gasteiger partial charge is 0.445 e. The maximum absolute atomic E-state index is 5.45. The summed E-state index contributed by atoms with van der Waals surface area (Å²) in [6.45, 7) is 2.06. The Morgan fingerprint density at radius 1 is 1.70 bits per heavy atom. The van der Waals surface area contributed by atoms with E-state index in [0.717, 1.165) is 18.1 Å². The fraction of sp³-hybridized carbons (Fsp3) is 0.625. The van der Waals surface area contributed by atoms with Crippen molar-refractivity contribution in [1.82, 2.24) is 4.98 Å². The molecule has 1 fully saturated rings. The van der Waals surface area contributed by atoms with E-state index in [0.29, 0.717) is 5.92 Å². The Hall–Kier alpha value is -0.790. The lowest BCUT2D eigenvalue weighted by molar-refractivity contribution is 0.461. The van der Waals surface area contributed by atoms with Crippen LogP contribution in [0.1, 0.15) is 37.3 Å². The molecule has 0 N–H and O–H groups in total. The topological polar surface area (TPSA) is 26.0 Å². The van der Waals surface area contributed by atoms with Gasteiger partial charge in [-0.25, -0.2) is 4.98 Å².